The number of nitrogens with zero attached hydrogens (tertiary/aromatic N) is 4. The van der Waals surface area contributed by atoms with E-state index in [0.717, 1.165) is 0 Å². The Kier molecular flexibility index (Phi) is 5.87. The van der Waals surface area contributed by atoms with Crippen molar-refractivity contribution in [1.29, 1.82) is 0 Å². The second-order valence-electron chi connectivity index (χ2n) is 9.18. The van der Waals surface area contributed by atoms with Crippen molar-refractivity contribution in [3.8, 4) is 17.0 Å². The molecular formula is C23H27ClFN5O4. The third-order valence-electron chi connectivity index (χ3n) is 6.47. The molecule has 2 aliphatic heterocycles. The number of hydrogen-bond acceptors (Lipinski definition) is 8. The molecule has 34 heavy (non-hydrogen) atoms. The molecule has 1 aromatic carbocycles. The van der Waals surface area contributed by atoms with Gasteiger partial charge in [0, 0.05) is 19.3 Å². The van der Waals surface area contributed by atoms with Gasteiger partial charge in [0.2, 0.25) is 5.95 Å². The maximum Gasteiger partial charge on any atom is 0.223 e. The summed E-state index contributed by atoms with van der Waals surface area (Å²) in [5.74, 6) is 0.833. The zero-order valence-electron chi connectivity index (χ0n) is 19.4. The van der Waals surface area contributed by atoms with Gasteiger partial charge in [0.15, 0.2) is 11.6 Å². The van der Waals surface area contributed by atoms with Crippen molar-refractivity contribution in [3.63, 3.8) is 0 Å². The minimum absolute atomic E-state index is 0.0790. The number of ether oxygens (including phenoxy) is 3. The topological polar surface area (TPSA) is 104 Å². The van der Waals surface area contributed by atoms with Crippen molar-refractivity contribution in [1.82, 2.24) is 19.5 Å². The Morgan fingerprint density at radius 3 is 2.85 bits per heavy atom. The van der Waals surface area contributed by atoms with E-state index in [-0.39, 0.29) is 35.2 Å². The first-order valence-corrected chi connectivity index (χ1v) is 11.6. The third kappa shape index (κ3) is 3.78. The molecule has 2 N–H and O–H groups in total. The Morgan fingerprint density at radius 1 is 1.32 bits per heavy atom. The Labute approximate surface area is 201 Å². The van der Waals surface area contributed by atoms with Gasteiger partial charge in [-0.2, -0.15) is 0 Å². The van der Waals surface area contributed by atoms with Gasteiger partial charge in [-0.25, -0.2) is 19.3 Å². The number of anilines is 1. The monoisotopic (exact) mass is 491 g/mol. The van der Waals surface area contributed by atoms with Gasteiger partial charge in [0.25, 0.3) is 0 Å². The van der Waals surface area contributed by atoms with Gasteiger partial charge < -0.3 is 29.2 Å². The lowest BCUT2D eigenvalue weighted by molar-refractivity contribution is -0.0136. The van der Waals surface area contributed by atoms with Gasteiger partial charge in [0.1, 0.15) is 29.1 Å². The lowest BCUT2D eigenvalue weighted by atomic mass is 10.1. The van der Waals surface area contributed by atoms with E-state index < -0.39 is 17.5 Å². The standard InChI is InChI=1S/C23H27ClFN5O4/c1-11-9-34-20-12(7-14(25)18-19(20)30(11)21(28-18)23(2,3)32-4)17-13(24)8-26-22(29-17)27-15-5-6-33-10-16(15)31/h7-8,11,15-16,31H,5-6,9-10H2,1-4H3,(H,26,27,29)/t11-,15+,16+/m0/s1. The second-order valence-corrected chi connectivity index (χ2v) is 9.59. The zero-order valence-corrected chi connectivity index (χ0v) is 20.2. The van der Waals surface area contributed by atoms with Crippen molar-refractivity contribution in [3.05, 3.63) is 28.9 Å². The predicted molar refractivity (Wildman–Crippen MR) is 125 cm³/mol. The van der Waals surface area contributed by atoms with Crippen molar-refractivity contribution < 1.29 is 23.7 Å². The molecule has 182 valence electrons. The van der Waals surface area contributed by atoms with Crippen molar-refractivity contribution in [2.45, 2.75) is 51.0 Å². The quantitative estimate of drug-likeness (QED) is 0.557. The SMILES string of the molecule is COC(C)(C)c1nc2c(F)cc(-c3nc(N[C@@H]4CCOC[C@H]4O)ncc3Cl)c3c2n1[C@@H](C)CO3. The number of methoxy groups -OCH3 is 1. The van der Waals surface area contributed by atoms with Gasteiger partial charge in [-0.3, -0.25) is 0 Å². The van der Waals surface area contributed by atoms with Crippen LogP contribution in [0.5, 0.6) is 5.75 Å². The molecule has 0 spiro atoms. The van der Waals surface area contributed by atoms with E-state index in [0.29, 0.717) is 48.0 Å². The molecule has 0 aliphatic carbocycles. The molecule has 0 bridgehead atoms. The van der Waals surface area contributed by atoms with E-state index in [9.17, 15) is 5.11 Å². The maximum atomic E-state index is 15.4. The lowest BCUT2D eigenvalue weighted by Crippen LogP contribution is -2.42. The van der Waals surface area contributed by atoms with Crippen LogP contribution in [0.2, 0.25) is 5.02 Å². The number of aromatic nitrogens is 4. The molecule has 11 heteroatoms. The Morgan fingerprint density at radius 2 is 2.12 bits per heavy atom. The summed E-state index contributed by atoms with van der Waals surface area (Å²) in [5.41, 5.74) is 0.745. The second kappa shape index (κ2) is 8.60. The van der Waals surface area contributed by atoms with E-state index in [1.165, 1.54) is 12.3 Å². The molecule has 2 aliphatic rings. The zero-order chi connectivity index (χ0) is 24.2. The fourth-order valence-corrected chi connectivity index (χ4v) is 4.63. The molecule has 1 saturated heterocycles. The van der Waals surface area contributed by atoms with Crippen LogP contribution in [0.1, 0.15) is 39.1 Å². The molecule has 9 nitrogen and oxygen atoms in total. The van der Waals surface area contributed by atoms with E-state index in [2.05, 4.69) is 20.3 Å². The first kappa shape index (κ1) is 23.2. The first-order chi connectivity index (χ1) is 16.2. The number of aliphatic hydroxyl groups is 1. The number of imidazole rings is 1. The van der Waals surface area contributed by atoms with E-state index in [1.54, 1.807) is 7.11 Å². The van der Waals surface area contributed by atoms with E-state index in [4.69, 9.17) is 25.8 Å². The van der Waals surface area contributed by atoms with Gasteiger partial charge in [-0.1, -0.05) is 11.6 Å². The number of halogens is 2. The fourth-order valence-electron chi connectivity index (χ4n) is 4.43. The molecule has 0 radical (unpaired) electrons. The molecule has 0 saturated carbocycles. The summed E-state index contributed by atoms with van der Waals surface area (Å²) in [5, 5.41) is 13.6. The van der Waals surface area contributed by atoms with Crippen LogP contribution >= 0.6 is 11.6 Å². The van der Waals surface area contributed by atoms with Crippen molar-refractivity contribution in [2.75, 3.05) is 32.2 Å². The average molecular weight is 492 g/mol. The number of hydrogen-bond donors (Lipinski definition) is 2. The summed E-state index contributed by atoms with van der Waals surface area (Å²) >= 11 is 6.48. The summed E-state index contributed by atoms with van der Waals surface area (Å²) in [6.07, 6.45) is 1.37. The molecule has 2 aromatic heterocycles. The maximum absolute atomic E-state index is 15.4. The summed E-state index contributed by atoms with van der Waals surface area (Å²) < 4.78 is 34.4. The number of benzene rings is 1. The minimum Gasteiger partial charge on any atom is -0.488 e. The minimum atomic E-state index is -0.733. The van der Waals surface area contributed by atoms with Gasteiger partial charge in [-0.15, -0.1) is 0 Å². The van der Waals surface area contributed by atoms with Gasteiger partial charge >= 0.3 is 0 Å². The largest absolute Gasteiger partial charge is 0.488 e. The van der Waals surface area contributed by atoms with Crippen LogP contribution in [0.25, 0.3) is 22.3 Å². The number of rotatable bonds is 5. The molecule has 1 fully saturated rings. The summed E-state index contributed by atoms with van der Waals surface area (Å²) in [7, 11) is 1.60. The van der Waals surface area contributed by atoms with Crippen molar-refractivity contribution in [2.24, 2.45) is 0 Å². The van der Waals surface area contributed by atoms with Gasteiger partial charge in [-0.05, 0) is 33.3 Å². The van der Waals surface area contributed by atoms with Crippen LogP contribution in [-0.2, 0) is 15.1 Å². The van der Waals surface area contributed by atoms with Crippen LogP contribution in [-0.4, -0.2) is 63.7 Å². The lowest BCUT2D eigenvalue weighted by Gasteiger charge is -2.30. The van der Waals surface area contributed by atoms with Crippen LogP contribution in [0, 0.1) is 5.82 Å². The van der Waals surface area contributed by atoms with E-state index in [1.807, 2.05) is 25.3 Å². The van der Waals surface area contributed by atoms with Gasteiger partial charge in [0.05, 0.1) is 41.7 Å². The fraction of sp³-hybridized carbons (Fsp3) is 0.522. The highest BCUT2D eigenvalue weighted by Crippen LogP contribution is 2.45. The molecule has 3 atom stereocenters. The smallest absolute Gasteiger partial charge is 0.223 e. The third-order valence-corrected chi connectivity index (χ3v) is 6.74. The highest BCUT2D eigenvalue weighted by Gasteiger charge is 2.35. The molecule has 0 amide bonds. The Bertz CT molecular complexity index is 1250. The van der Waals surface area contributed by atoms with Crippen LogP contribution in [0.15, 0.2) is 12.3 Å². The van der Waals surface area contributed by atoms with Crippen LogP contribution in [0.4, 0.5) is 10.3 Å². The van der Waals surface area contributed by atoms with Crippen LogP contribution in [0.3, 0.4) is 0 Å². The highest BCUT2D eigenvalue weighted by atomic mass is 35.5. The Balaban J connectivity index is 1.66. The molecule has 3 aromatic rings. The molecule has 0 unspecified atom stereocenters. The van der Waals surface area contributed by atoms with Crippen LogP contribution < -0.4 is 10.1 Å². The highest BCUT2D eigenvalue weighted by molar-refractivity contribution is 6.33. The molecular weight excluding hydrogens is 465 g/mol. The predicted octanol–water partition coefficient (Wildman–Crippen LogP) is 3.68. The Hall–Kier alpha value is -2.53. The van der Waals surface area contributed by atoms with Crippen molar-refractivity contribution >= 4 is 28.6 Å². The first-order valence-electron chi connectivity index (χ1n) is 11.2. The number of nitrogens with one attached hydrogen (secondary N) is 1. The number of aliphatic hydroxyl groups excluding tert-OH is 1. The normalized spacial score (nSPS) is 22.6. The summed E-state index contributed by atoms with van der Waals surface area (Å²) in [6.45, 7) is 6.90. The van der Waals surface area contributed by atoms with E-state index >= 15 is 4.39 Å². The summed E-state index contributed by atoms with van der Waals surface area (Å²) in [4.78, 5) is 13.4. The molecule has 5 rings (SSSR count). The average Bonchev–Trinajstić information content (AvgIpc) is 3.24. The molecule has 4 heterocycles. The summed E-state index contributed by atoms with van der Waals surface area (Å²) in [6, 6.07) is 0.998.